The minimum Gasteiger partial charge on any atom is -0.461 e. The molecule has 0 heterocycles. The zero-order chi connectivity index (χ0) is 44.4. The van der Waals surface area contributed by atoms with Gasteiger partial charge < -0.3 is 37.9 Å². The summed E-state index contributed by atoms with van der Waals surface area (Å²) in [4.78, 5) is 103. The van der Waals surface area contributed by atoms with Crippen molar-refractivity contribution in [3.05, 3.63) is 75.8 Å². The van der Waals surface area contributed by atoms with Crippen LogP contribution in [0.2, 0.25) is 0 Å². The van der Waals surface area contributed by atoms with Crippen LogP contribution >= 0.6 is 0 Å². The van der Waals surface area contributed by atoms with Gasteiger partial charge in [-0.05, 0) is 54.5 Å². The van der Waals surface area contributed by atoms with Gasteiger partial charge in [-0.3, -0.25) is 33.6 Å². The number of esters is 8. The normalized spacial score (nSPS) is 25.3. The second-order valence-corrected chi connectivity index (χ2v) is 14.7. The third kappa shape index (κ3) is 13.2. The molecule has 16 heteroatoms. The predicted molar refractivity (Wildman–Crippen MR) is 207 cm³/mol. The van der Waals surface area contributed by atoms with E-state index in [-0.39, 0.29) is 23.3 Å². The van der Waals surface area contributed by atoms with Gasteiger partial charge >= 0.3 is 47.8 Å². The Morgan fingerprint density at radius 2 is 1.20 bits per heavy atom. The van der Waals surface area contributed by atoms with Crippen molar-refractivity contribution in [2.24, 2.45) is 11.3 Å². The van der Waals surface area contributed by atoms with Crippen LogP contribution < -0.4 is 0 Å². The number of carbonyl (C=O) groups is 8. The molecular formula is C43H52O16. The molecule has 2 aliphatic carbocycles. The van der Waals surface area contributed by atoms with Crippen molar-refractivity contribution < 1.29 is 76.3 Å². The molecule has 0 saturated heterocycles. The average molecular weight is 825 g/mol. The van der Waals surface area contributed by atoms with Crippen LogP contribution in [-0.2, 0) is 76.3 Å². The Kier molecular flexibility index (Phi) is 16.5. The molecule has 59 heavy (non-hydrogen) atoms. The highest BCUT2D eigenvalue weighted by Gasteiger charge is 2.52. The van der Waals surface area contributed by atoms with Crippen LogP contribution in [0.4, 0.5) is 0 Å². The molecule has 16 nitrogen and oxygen atoms in total. The molecule has 1 aromatic carbocycles. The Morgan fingerprint density at radius 1 is 0.644 bits per heavy atom. The van der Waals surface area contributed by atoms with Gasteiger partial charge in [0.2, 0.25) is 5.76 Å². The highest BCUT2D eigenvalue weighted by molar-refractivity contribution is 5.94. The Bertz CT molecular complexity index is 1950. The van der Waals surface area contributed by atoms with Crippen LogP contribution in [0.15, 0.2) is 70.2 Å². The van der Waals surface area contributed by atoms with Gasteiger partial charge in [-0.1, -0.05) is 44.2 Å². The third-order valence-electron chi connectivity index (χ3n) is 9.69. The number of ether oxygens (including phenoxy) is 8. The van der Waals surface area contributed by atoms with Crippen LogP contribution in [0.1, 0.15) is 94.6 Å². The first-order chi connectivity index (χ1) is 27.5. The minimum absolute atomic E-state index is 0.0328. The Hall–Kier alpha value is -6.06. The molecule has 2 bridgehead atoms. The largest absolute Gasteiger partial charge is 0.461 e. The quantitative estimate of drug-likeness (QED) is 0.0908. The van der Waals surface area contributed by atoms with Crippen molar-refractivity contribution in [2.45, 2.75) is 120 Å². The molecular weight excluding hydrogens is 772 g/mol. The average Bonchev–Trinajstić information content (AvgIpc) is 3.10. The highest BCUT2D eigenvalue weighted by Crippen LogP contribution is 2.52. The second kappa shape index (κ2) is 20.6. The molecule has 0 aliphatic heterocycles. The summed E-state index contributed by atoms with van der Waals surface area (Å²) in [5.41, 5.74) is 0.107. The summed E-state index contributed by atoms with van der Waals surface area (Å²) in [7, 11) is 0. The van der Waals surface area contributed by atoms with Gasteiger partial charge in [0.25, 0.3) is 0 Å². The summed E-state index contributed by atoms with van der Waals surface area (Å²) in [5.74, 6) is -8.29. The van der Waals surface area contributed by atoms with E-state index in [0.29, 0.717) is 16.7 Å². The highest BCUT2D eigenvalue weighted by atomic mass is 16.6. The van der Waals surface area contributed by atoms with Gasteiger partial charge in [-0.2, -0.15) is 0 Å². The molecule has 0 fully saturated rings. The fraction of sp³-hybridized carbons (Fsp3) is 0.488. The first-order valence-corrected chi connectivity index (χ1v) is 18.8. The van der Waals surface area contributed by atoms with Crippen molar-refractivity contribution >= 4 is 53.8 Å². The zero-order valence-electron chi connectivity index (χ0n) is 35.2. The topological polar surface area (TPSA) is 210 Å². The molecule has 2 aliphatic rings. The van der Waals surface area contributed by atoms with E-state index in [9.17, 15) is 38.4 Å². The van der Waals surface area contributed by atoms with Gasteiger partial charge in [-0.25, -0.2) is 4.79 Å². The molecule has 1 aromatic rings. The molecule has 0 N–H and O–H groups in total. The van der Waals surface area contributed by atoms with Crippen LogP contribution in [-0.4, -0.2) is 84.9 Å². The Morgan fingerprint density at radius 3 is 1.71 bits per heavy atom. The number of hydrogen-bond donors (Lipinski definition) is 0. The fourth-order valence-electron chi connectivity index (χ4n) is 7.30. The number of rotatable bonds is 11. The summed E-state index contributed by atoms with van der Waals surface area (Å²) in [5, 5.41) is 0. The smallest absolute Gasteiger partial charge is 0.375 e. The van der Waals surface area contributed by atoms with Gasteiger partial charge in [0.1, 0.15) is 31.0 Å². The van der Waals surface area contributed by atoms with Crippen LogP contribution in [0.25, 0.3) is 6.08 Å². The SMILES string of the molecule is CC(=O)OC/C1=C/[C@H](OC(C)=O)[C@@H]2C[C@H](OC(C)=O)C(C)=C([C@@H](OC(C)=O)/C(OC(C)=O)=C(/C)[C@@H](OC(C)=O)CC1OC(=O)/C(=C/c1ccccc1)OC(C)=O)C2(C)C. The molecule has 0 aromatic heterocycles. The van der Waals surface area contributed by atoms with E-state index in [1.807, 2.05) is 0 Å². The van der Waals surface area contributed by atoms with Crippen molar-refractivity contribution in [1.29, 1.82) is 0 Å². The zero-order valence-corrected chi connectivity index (χ0v) is 35.2. The molecule has 0 spiro atoms. The lowest BCUT2D eigenvalue weighted by molar-refractivity contribution is -0.157. The minimum atomic E-state index is -1.54. The van der Waals surface area contributed by atoms with Crippen LogP contribution in [0.5, 0.6) is 0 Å². The summed E-state index contributed by atoms with van der Waals surface area (Å²) in [6.07, 6.45) is -4.49. The number of fused-ring (bicyclic) bond motifs is 2. The number of benzene rings is 1. The fourth-order valence-corrected chi connectivity index (χ4v) is 7.30. The molecule has 6 atom stereocenters. The monoisotopic (exact) mass is 824 g/mol. The number of carbonyl (C=O) groups excluding carboxylic acids is 8. The van der Waals surface area contributed by atoms with E-state index in [4.69, 9.17) is 37.9 Å². The standard InChI is InChI=1S/C43H52O16/c1-22-34(53-25(4)45)19-33-37(55-27(6)47)18-32(21-52-24(3)44)36(59-42(51)38(56-28(7)48)17-31-15-13-12-14-16-31)20-35(54-26(5)46)23(2)40(57-29(8)49)41(58-30(9)50)39(22)43(33,10)11/h12-18,33-37,41H,19-21H2,1-11H3/b32-18-,38-17-,40-23+/t33-,34-,35-,36?,37-,41+/m0/s1. The Balaban J connectivity index is 2.57. The van der Waals surface area contributed by atoms with E-state index < -0.39 is 108 Å². The summed E-state index contributed by atoms with van der Waals surface area (Å²) >= 11 is 0. The van der Waals surface area contributed by atoms with E-state index in [1.165, 1.54) is 26.0 Å². The maximum atomic E-state index is 14.1. The number of hydrogen-bond acceptors (Lipinski definition) is 16. The van der Waals surface area contributed by atoms with Crippen molar-refractivity contribution in [3.63, 3.8) is 0 Å². The van der Waals surface area contributed by atoms with Gasteiger partial charge in [-0.15, -0.1) is 0 Å². The molecule has 1 unspecified atom stereocenters. The lowest BCUT2D eigenvalue weighted by Gasteiger charge is -2.48. The predicted octanol–water partition coefficient (Wildman–Crippen LogP) is 5.32. The lowest BCUT2D eigenvalue weighted by atomic mass is 9.60. The molecule has 0 amide bonds. The van der Waals surface area contributed by atoms with E-state index >= 15 is 0 Å². The first-order valence-electron chi connectivity index (χ1n) is 18.8. The summed E-state index contributed by atoms with van der Waals surface area (Å²) in [6.45, 7) is 14.0. The van der Waals surface area contributed by atoms with E-state index in [1.54, 1.807) is 51.1 Å². The van der Waals surface area contributed by atoms with E-state index in [2.05, 4.69) is 0 Å². The Labute approximate surface area is 342 Å². The van der Waals surface area contributed by atoms with Crippen LogP contribution in [0, 0.1) is 11.3 Å². The molecule has 320 valence electrons. The summed E-state index contributed by atoms with van der Waals surface area (Å²) < 4.78 is 46.2. The van der Waals surface area contributed by atoms with Crippen LogP contribution in [0.3, 0.4) is 0 Å². The van der Waals surface area contributed by atoms with Gasteiger partial charge in [0.05, 0.1) is 0 Å². The van der Waals surface area contributed by atoms with Gasteiger partial charge in [0.15, 0.2) is 11.9 Å². The maximum Gasteiger partial charge on any atom is 0.375 e. The van der Waals surface area contributed by atoms with Gasteiger partial charge in [0, 0.05) is 72.0 Å². The summed E-state index contributed by atoms with van der Waals surface area (Å²) in [6, 6.07) is 8.40. The molecule has 0 saturated carbocycles. The van der Waals surface area contributed by atoms with E-state index in [0.717, 1.165) is 41.5 Å². The van der Waals surface area contributed by atoms with Crippen molar-refractivity contribution in [1.82, 2.24) is 0 Å². The van der Waals surface area contributed by atoms with Crippen molar-refractivity contribution in [3.8, 4) is 0 Å². The third-order valence-corrected chi connectivity index (χ3v) is 9.69. The first kappa shape index (κ1) is 47.3. The lowest BCUT2D eigenvalue weighted by Crippen LogP contribution is -2.49. The molecule has 0 radical (unpaired) electrons. The second-order valence-electron chi connectivity index (χ2n) is 14.7. The van der Waals surface area contributed by atoms with Crippen molar-refractivity contribution in [2.75, 3.05) is 6.61 Å². The maximum absolute atomic E-state index is 14.1. The molecule has 3 rings (SSSR count).